The van der Waals surface area contributed by atoms with Gasteiger partial charge in [-0.05, 0) is 36.6 Å². The fourth-order valence-corrected chi connectivity index (χ4v) is 3.02. The first kappa shape index (κ1) is 18.4. The highest BCUT2D eigenvalue weighted by atomic mass is 16.5. The number of aryl methyl sites for hydroxylation is 1. The lowest BCUT2D eigenvalue weighted by atomic mass is 10.0. The van der Waals surface area contributed by atoms with Crippen molar-refractivity contribution in [1.82, 2.24) is 4.90 Å². The molecule has 5 nitrogen and oxygen atoms in total. The van der Waals surface area contributed by atoms with Crippen LogP contribution < -0.4 is 5.32 Å². The number of methoxy groups -OCH3 is 1. The van der Waals surface area contributed by atoms with Gasteiger partial charge in [-0.25, -0.2) is 4.79 Å². The maximum absolute atomic E-state index is 12.5. The molecular weight excluding hydrogens is 328 g/mol. The van der Waals surface area contributed by atoms with Gasteiger partial charge in [0.2, 0.25) is 0 Å². The summed E-state index contributed by atoms with van der Waals surface area (Å²) in [6, 6.07) is 16.3. The number of nitrogens with one attached hydrogen (secondary N) is 1. The lowest BCUT2D eigenvalue weighted by molar-refractivity contribution is -0.0260. The quantitative estimate of drug-likeness (QED) is 0.885. The molecule has 0 saturated carbocycles. The summed E-state index contributed by atoms with van der Waals surface area (Å²) < 4.78 is 10.8. The Balaban J connectivity index is 1.58. The minimum Gasteiger partial charge on any atom is -0.385 e. The second-order valence-corrected chi connectivity index (χ2v) is 6.59. The number of nitrogens with zero attached hydrogens (tertiary/aromatic N) is 1. The minimum absolute atomic E-state index is 0.0402. The van der Waals surface area contributed by atoms with Crippen molar-refractivity contribution in [3.63, 3.8) is 0 Å². The predicted octanol–water partition coefficient (Wildman–Crippen LogP) is 3.93. The van der Waals surface area contributed by atoms with Crippen LogP contribution in [0.15, 0.2) is 48.5 Å². The van der Waals surface area contributed by atoms with E-state index < -0.39 is 0 Å². The van der Waals surface area contributed by atoms with E-state index >= 15 is 0 Å². The van der Waals surface area contributed by atoms with Gasteiger partial charge in [0.1, 0.15) is 0 Å². The SMILES string of the molecule is COCC[C@@H]1CN(C(=O)Nc2ccc(-c3ccc(C)cc3)cc2)CCO1. The number of ether oxygens (including phenoxy) is 2. The zero-order chi connectivity index (χ0) is 18.4. The third-order valence-electron chi connectivity index (χ3n) is 4.59. The molecule has 3 rings (SSSR count). The average Bonchev–Trinajstić information content (AvgIpc) is 2.68. The zero-order valence-corrected chi connectivity index (χ0v) is 15.4. The molecule has 1 heterocycles. The molecule has 0 unspecified atom stereocenters. The molecule has 0 radical (unpaired) electrons. The van der Waals surface area contributed by atoms with Crippen LogP contribution in [0.5, 0.6) is 0 Å². The van der Waals surface area contributed by atoms with Crippen molar-refractivity contribution in [3.8, 4) is 11.1 Å². The first-order valence-electron chi connectivity index (χ1n) is 8.99. The maximum atomic E-state index is 12.5. The van der Waals surface area contributed by atoms with E-state index in [1.54, 1.807) is 12.0 Å². The minimum atomic E-state index is -0.0844. The van der Waals surface area contributed by atoms with Gasteiger partial charge in [-0.1, -0.05) is 42.0 Å². The highest BCUT2D eigenvalue weighted by Crippen LogP contribution is 2.22. The van der Waals surface area contributed by atoms with Gasteiger partial charge in [-0.3, -0.25) is 0 Å². The number of benzene rings is 2. The Morgan fingerprint density at radius 3 is 2.46 bits per heavy atom. The molecule has 1 saturated heterocycles. The van der Waals surface area contributed by atoms with Crippen LogP contribution in [0.2, 0.25) is 0 Å². The molecule has 1 atom stereocenters. The standard InChI is InChI=1S/C21H26N2O3/c1-16-3-5-17(6-4-16)18-7-9-19(10-8-18)22-21(24)23-12-14-26-20(15-23)11-13-25-2/h3-10,20H,11-15H2,1-2H3,(H,22,24)/t20-/m1/s1. The normalized spacial score (nSPS) is 17.2. The summed E-state index contributed by atoms with van der Waals surface area (Å²) in [5.41, 5.74) is 4.34. The Bertz CT molecular complexity index is 713. The van der Waals surface area contributed by atoms with Crippen LogP contribution in [0, 0.1) is 6.92 Å². The van der Waals surface area contributed by atoms with E-state index in [-0.39, 0.29) is 12.1 Å². The number of amides is 2. The summed E-state index contributed by atoms with van der Waals surface area (Å²) in [5, 5.41) is 2.98. The molecule has 138 valence electrons. The summed E-state index contributed by atoms with van der Waals surface area (Å²) in [6.07, 6.45) is 0.837. The molecule has 0 spiro atoms. The molecule has 1 N–H and O–H groups in total. The monoisotopic (exact) mass is 354 g/mol. The van der Waals surface area contributed by atoms with Crippen LogP contribution in [-0.4, -0.2) is 50.4 Å². The molecular formula is C21H26N2O3. The Kier molecular flexibility index (Phi) is 6.26. The number of anilines is 1. The average molecular weight is 354 g/mol. The van der Waals surface area contributed by atoms with Crippen molar-refractivity contribution in [1.29, 1.82) is 0 Å². The summed E-state index contributed by atoms with van der Waals surface area (Å²) in [5.74, 6) is 0. The van der Waals surface area contributed by atoms with E-state index in [0.29, 0.717) is 26.3 Å². The molecule has 0 bridgehead atoms. The van der Waals surface area contributed by atoms with Crippen molar-refractivity contribution in [3.05, 3.63) is 54.1 Å². The second kappa shape index (κ2) is 8.83. The number of carbonyl (C=O) groups excluding carboxylic acids is 1. The molecule has 1 aliphatic heterocycles. The molecule has 1 fully saturated rings. The molecule has 0 aliphatic carbocycles. The number of hydrogen-bond donors (Lipinski definition) is 1. The predicted molar refractivity (Wildman–Crippen MR) is 103 cm³/mol. The topological polar surface area (TPSA) is 50.8 Å². The van der Waals surface area contributed by atoms with Crippen LogP contribution in [0.4, 0.5) is 10.5 Å². The van der Waals surface area contributed by atoms with Crippen molar-refractivity contribution in [2.75, 3.05) is 38.7 Å². The number of carbonyl (C=O) groups is 1. The van der Waals surface area contributed by atoms with Crippen LogP contribution in [0.25, 0.3) is 11.1 Å². The van der Waals surface area contributed by atoms with Crippen molar-refractivity contribution >= 4 is 11.7 Å². The van der Waals surface area contributed by atoms with Gasteiger partial charge in [0, 0.05) is 32.5 Å². The lowest BCUT2D eigenvalue weighted by Gasteiger charge is -2.32. The molecule has 0 aromatic heterocycles. The first-order chi connectivity index (χ1) is 12.7. The Morgan fingerprint density at radius 1 is 1.15 bits per heavy atom. The summed E-state index contributed by atoms with van der Waals surface area (Å²) in [4.78, 5) is 14.3. The van der Waals surface area contributed by atoms with Gasteiger partial charge < -0.3 is 19.7 Å². The van der Waals surface area contributed by atoms with E-state index in [9.17, 15) is 4.79 Å². The van der Waals surface area contributed by atoms with E-state index in [1.807, 2.05) is 24.3 Å². The van der Waals surface area contributed by atoms with Gasteiger partial charge in [-0.15, -0.1) is 0 Å². The lowest BCUT2D eigenvalue weighted by Crippen LogP contribution is -2.47. The fourth-order valence-electron chi connectivity index (χ4n) is 3.02. The molecule has 5 heteroatoms. The van der Waals surface area contributed by atoms with E-state index in [2.05, 4.69) is 36.5 Å². The van der Waals surface area contributed by atoms with Crippen LogP contribution in [-0.2, 0) is 9.47 Å². The number of rotatable bonds is 5. The molecule has 2 amide bonds. The zero-order valence-electron chi connectivity index (χ0n) is 15.4. The second-order valence-electron chi connectivity index (χ2n) is 6.59. The third-order valence-corrected chi connectivity index (χ3v) is 4.59. The van der Waals surface area contributed by atoms with Gasteiger partial charge in [0.25, 0.3) is 0 Å². The first-order valence-corrected chi connectivity index (χ1v) is 8.99. The van der Waals surface area contributed by atoms with E-state index in [0.717, 1.165) is 17.7 Å². The van der Waals surface area contributed by atoms with E-state index in [4.69, 9.17) is 9.47 Å². The maximum Gasteiger partial charge on any atom is 0.322 e. The summed E-state index contributed by atoms with van der Waals surface area (Å²) >= 11 is 0. The van der Waals surface area contributed by atoms with Crippen molar-refractivity contribution in [2.24, 2.45) is 0 Å². The molecule has 2 aromatic rings. The Labute approximate surface area is 154 Å². The number of morpholine rings is 1. The van der Waals surface area contributed by atoms with Crippen molar-refractivity contribution < 1.29 is 14.3 Å². The molecule has 1 aliphatic rings. The van der Waals surface area contributed by atoms with E-state index in [1.165, 1.54) is 11.1 Å². The Hall–Kier alpha value is -2.37. The highest BCUT2D eigenvalue weighted by Gasteiger charge is 2.24. The number of urea groups is 1. The largest absolute Gasteiger partial charge is 0.385 e. The van der Waals surface area contributed by atoms with Gasteiger partial charge in [-0.2, -0.15) is 0 Å². The smallest absolute Gasteiger partial charge is 0.322 e. The molecule has 2 aromatic carbocycles. The van der Waals surface area contributed by atoms with Crippen LogP contribution in [0.3, 0.4) is 0 Å². The third kappa shape index (κ3) is 4.84. The summed E-state index contributed by atoms with van der Waals surface area (Å²) in [6.45, 7) is 4.48. The van der Waals surface area contributed by atoms with Crippen LogP contribution in [0.1, 0.15) is 12.0 Å². The van der Waals surface area contributed by atoms with Crippen molar-refractivity contribution in [2.45, 2.75) is 19.4 Å². The molecule has 26 heavy (non-hydrogen) atoms. The van der Waals surface area contributed by atoms with Gasteiger partial charge >= 0.3 is 6.03 Å². The van der Waals surface area contributed by atoms with Gasteiger partial charge in [0.05, 0.1) is 12.7 Å². The highest BCUT2D eigenvalue weighted by molar-refractivity contribution is 5.89. The number of hydrogen-bond acceptors (Lipinski definition) is 3. The van der Waals surface area contributed by atoms with Gasteiger partial charge in [0.15, 0.2) is 0 Å². The Morgan fingerprint density at radius 2 is 1.81 bits per heavy atom. The van der Waals surface area contributed by atoms with Crippen LogP contribution >= 0.6 is 0 Å². The fraction of sp³-hybridized carbons (Fsp3) is 0.381. The summed E-state index contributed by atoms with van der Waals surface area (Å²) in [7, 11) is 1.67.